The van der Waals surface area contributed by atoms with E-state index in [4.69, 9.17) is 5.73 Å². The molecule has 0 aliphatic heterocycles. The van der Waals surface area contributed by atoms with E-state index in [2.05, 4.69) is 31.9 Å². The van der Waals surface area contributed by atoms with Gasteiger partial charge in [0, 0.05) is 8.95 Å². The van der Waals surface area contributed by atoms with Gasteiger partial charge in [0.25, 0.3) is 0 Å². The van der Waals surface area contributed by atoms with E-state index in [9.17, 15) is 5.11 Å². The molecule has 16 heavy (non-hydrogen) atoms. The first-order valence-corrected chi connectivity index (χ1v) is 6.56. The van der Waals surface area contributed by atoms with Crippen molar-refractivity contribution < 1.29 is 5.11 Å². The molecule has 0 unspecified atom stereocenters. The first kappa shape index (κ1) is 14.5. The molecule has 0 amide bonds. The maximum absolute atomic E-state index is 9.94. The monoisotopic (exact) mass is 369 g/mol. The lowest BCUT2D eigenvalue weighted by Crippen LogP contribution is -2.27. The molecule has 90 valence electrons. The van der Waals surface area contributed by atoms with Gasteiger partial charge in [-0.25, -0.2) is 0 Å². The molecule has 1 saturated carbocycles. The van der Waals surface area contributed by atoms with Gasteiger partial charge in [0.1, 0.15) is 0 Å². The van der Waals surface area contributed by atoms with Crippen LogP contribution in [0.5, 0.6) is 0 Å². The highest BCUT2D eigenvalue weighted by Crippen LogP contribution is 2.37. The van der Waals surface area contributed by atoms with Crippen molar-refractivity contribution in [2.75, 3.05) is 0 Å². The lowest BCUT2D eigenvalue weighted by atomic mass is 9.99. The SMILES string of the molecule is Cl.N[C@H](c1cc(Br)cc(Br)c1)[C@@H](O)C1CC1. The smallest absolute Gasteiger partial charge is 0.0760 e. The topological polar surface area (TPSA) is 46.2 Å². The van der Waals surface area contributed by atoms with E-state index in [0.29, 0.717) is 5.92 Å². The van der Waals surface area contributed by atoms with Gasteiger partial charge >= 0.3 is 0 Å². The zero-order valence-electron chi connectivity index (χ0n) is 8.57. The van der Waals surface area contributed by atoms with Crippen molar-refractivity contribution >= 4 is 44.3 Å². The molecule has 2 nitrogen and oxygen atoms in total. The van der Waals surface area contributed by atoms with Crippen molar-refractivity contribution in [3.8, 4) is 0 Å². The van der Waals surface area contributed by atoms with Crippen molar-refractivity contribution in [3.63, 3.8) is 0 Å². The van der Waals surface area contributed by atoms with Crippen LogP contribution in [0.25, 0.3) is 0 Å². The maximum atomic E-state index is 9.94. The Morgan fingerprint density at radius 1 is 1.19 bits per heavy atom. The van der Waals surface area contributed by atoms with Gasteiger partial charge in [-0.3, -0.25) is 0 Å². The molecule has 5 heteroatoms. The number of rotatable bonds is 3. The molecule has 0 spiro atoms. The second kappa shape index (κ2) is 5.83. The Morgan fingerprint density at radius 3 is 2.12 bits per heavy atom. The summed E-state index contributed by atoms with van der Waals surface area (Å²) in [5.41, 5.74) is 6.99. The molecule has 1 aliphatic rings. The highest BCUT2D eigenvalue weighted by molar-refractivity contribution is 9.11. The normalized spacial score (nSPS) is 18.8. The Labute approximate surface area is 118 Å². The van der Waals surface area contributed by atoms with Crippen molar-refractivity contribution in [1.82, 2.24) is 0 Å². The van der Waals surface area contributed by atoms with E-state index in [1.54, 1.807) is 0 Å². The summed E-state index contributed by atoms with van der Waals surface area (Å²) in [6, 6.07) is 5.59. The van der Waals surface area contributed by atoms with Gasteiger partial charge in [-0.15, -0.1) is 12.4 Å². The Bertz CT molecular complexity index is 351. The first-order valence-electron chi connectivity index (χ1n) is 4.97. The van der Waals surface area contributed by atoms with Crippen LogP contribution >= 0.6 is 44.3 Å². The third-order valence-corrected chi connectivity index (χ3v) is 3.66. The minimum Gasteiger partial charge on any atom is -0.391 e. The maximum Gasteiger partial charge on any atom is 0.0760 e. The van der Waals surface area contributed by atoms with Gasteiger partial charge in [-0.05, 0) is 42.5 Å². The molecule has 0 heterocycles. The van der Waals surface area contributed by atoms with Crippen LogP contribution in [0.2, 0.25) is 0 Å². The molecular weight excluding hydrogens is 357 g/mol. The van der Waals surface area contributed by atoms with Crippen LogP contribution in [-0.4, -0.2) is 11.2 Å². The number of benzene rings is 1. The second-order valence-corrected chi connectivity index (χ2v) is 5.89. The van der Waals surface area contributed by atoms with E-state index in [0.717, 1.165) is 27.4 Å². The second-order valence-electron chi connectivity index (χ2n) is 4.06. The molecule has 1 aromatic rings. The Kier molecular flexibility index (Phi) is 5.26. The predicted molar refractivity (Wildman–Crippen MR) is 74.7 cm³/mol. The number of nitrogens with two attached hydrogens (primary N) is 1. The van der Waals surface area contributed by atoms with E-state index in [-0.39, 0.29) is 18.4 Å². The zero-order valence-corrected chi connectivity index (χ0v) is 12.6. The summed E-state index contributed by atoms with van der Waals surface area (Å²) in [4.78, 5) is 0. The van der Waals surface area contributed by atoms with Crippen LogP contribution in [0.15, 0.2) is 27.1 Å². The van der Waals surface area contributed by atoms with E-state index < -0.39 is 6.10 Å². The van der Waals surface area contributed by atoms with Gasteiger partial charge in [0.05, 0.1) is 12.1 Å². The zero-order chi connectivity index (χ0) is 11.0. The summed E-state index contributed by atoms with van der Waals surface area (Å²) >= 11 is 6.83. The number of aliphatic hydroxyl groups excluding tert-OH is 1. The quantitative estimate of drug-likeness (QED) is 0.855. The molecule has 0 aromatic heterocycles. The predicted octanol–water partition coefficient (Wildman–Crippen LogP) is 3.40. The van der Waals surface area contributed by atoms with Crippen molar-refractivity contribution in [2.45, 2.75) is 25.0 Å². The molecule has 0 saturated heterocycles. The molecule has 0 bridgehead atoms. The molecule has 1 fully saturated rings. The van der Waals surface area contributed by atoms with Crippen molar-refractivity contribution in [1.29, 1.82) is 0 Å². The Balaban J connectivity index is 0.00000128. The first-order chi connectivity index (χ1) is 7.08. The van der Waals surface area contributed by atoms with Crippen LogP contribution in [0.4, 0.5) is 0 Å². The lowest BCUT2D eigenvalue weighted by molar-refractivity contribution is 0.122. The third kappa shape index (κ3) is 3.44. The molecule has 1 aliphatic carbocycles. The van der Waals surface area contributed by atoms with Gasteiger partial charge in [-0.2, -0.15) is 0 Å². The van der Waals surface area contributed by atoms with Crippen LogP contribution in [0.1, 0.15) is 24.4 Å². The van der Waals surface area contributed by atoms with Crippen LogP contribution < -0.4 is 5.73 Å². The summed E-state index contributed by atoms with van der Waals surface area (Å²) in [5, 5.41) is 9.94. The van der Waals surface area contributed by atoms with E-state index in [1.165, 1.54) is 0 Å². The summed E-state index contributed by atoms with van der Waals surface area (Å²) in [6.45, 7) is 0. The fourth-order valence-electron chi connectivity index (χ4n) is 1.70. The minimum atomic E-state index is -0.411. The van der Waals surface area contributed by atoms with Crippen LogP contribution in [0.3, 0.4) is 0 Å². The minimum absolute atomic E-state index is 0. The molecule has 2 rings (SSSR count). The van der Waals surface area contributed by atoms with Crippen LogP contribution in [-0.2, 0) is 0 Å². The molecule has 1 aromatic carbocycles. The fraction of sp³-hybridized carbons (Fsp3) is 0.455. The molecule has 2 atom stereocenters. The molecule has 0 radical (unpaired) electrons. The number of hydrogen-bond acceptors (Lipinski definition) is 2. The van der Waals surface area contributed by atoms with Crippen molar-refractivity contribution in [2.24, 2.45) is 11.7 Å². The van der Waals surface area contributed by atoms with Gasteiger partial charge in [0.15, 0.2) is 0 Å². The van der Waals surface area contributed by atoms with E-state index in [1.807, 2.05) is 18.2 Å². The summed E-state index contributed by atoms with van der Waals surface area (Å²) in [5.74, 6) is 0.401. The standard InChI is InChI=1S/C11H13Br2NO.ClH/c12-8-3-7(4-9(13)5-8)10(14)11(15)6-1-2-6;/h3-6,10-11,15H,1-2,14H2;1H/t10-,11+;/m1./s1. The summed E-state index contributed by atoms with van der Waals surface area (Å²) in [6.07, 6.45) is 1.79. The average molecular weight is 372 g/mol. The molecule has 3 N–H and O–H groups in total. The Morgan fingerprint density at radius 2 is 1.69 bits per heavy atom. The highest BCUT2D eigenvalue weighted by Gasteiger charge is 2.34. The average Bonchev–Trinajstić information content (AvgIpc) is 2.97. The van der Waals surface area contributed by atoms with Crippen LogP contribution in [0, 0.1) is 5.92 Å². The number of aliphatic hydroxyl groups is 1. The summed E-state index contributed by atoms with van der Waals surface area (Å²) < 4.78 is 1.95. The molecular formula is C11H14Br2ClNO. The van der Waals surface area contributed by atoms with Gasteiger partial charge < -0.3 is 10.8 Å². The van der Waals surface area contributed by atoms with Crippen molar-refractivity contribution in [3.05, 3.63) is 32.7 Å². The highest BCUT2D eigenvalue weighted by atomic mass is 79.9. The lowest BCUT2D eigenvalue weighted by Gasteiger charge is -2.19. The van der Waals surface area contributed by atoms with Gasteiger partial charge in [-0.1, -0.05) is 31.9 Å². The largest absolute Gasteiger partial charge is 0.391 e. The fourth-order valence-corrected chi connectivity index (χ4v) is 3.02. The third-order valence-electron chi connectivity index (χ3n) is 2.74. The number of halogens is 3. The summed E-state index contributed by atoms with van der Waals surface area (Å²) in [7, 11) is 0. The number of hydrogen-bond donors (Lipinski definition) is 2. The van der Waals surface area contributed by atoms with E-state index >= 15 is 0 Å². The van der Waals surface area contributed by atoms with Gasteiger partial charge in [0.2, 0.25) is 0 Å². The Hall–Kier alpha value is 0.390.